The molecule has 0 spiro atoms. The average molecular weight is 329 g/mol. The summed E-state index contributed by atoms with van der Waals surface area (Å²) < 4.78 is 18.9. The maximum Gasteiger partial charge on any atom is 0.141 e. The van der Waals surface area contributed by atoms with Gasteiger partial charge in [0.05, 0.1) is 19.4 Å². The molecule has 1 fully saturated rings. The fourth-order valence-electron chi connectivity index (χ4n) is 3.09. The van der Waals surface area contributed by atoms with E-state index in [-0.39, 0.29) is 17.9 Å². The van der Waals surface area contributed by atoms with Gasteiger partial charge in [0.1, 0.15) is 5.82 Å². The maximum absolute atomic E-state index is 13.4. The van der Waals surface area contributed by atoms with Crippen LogP contribution < -0.4 is 5.32 Å². The summed E-state index contributed by atoms with van der Waals surface area (Å²) in [7, 11) is 0. The smallest absolute Gasteiger partial charge is 0.141 e. The zero-order valence-corrected chi connectivity index (χ0v) is 14.0. The molecule has 0 radical (unpaired) electrons. The van der Waals surface area contributed by atoms with Gasteiger partial charge in [-0.25, -0.2) is 4.39 Å². The van der Waals surface area contributed by atoms with Crippen LogP contribution in [0.15, 0.2) is 48.8 Å². The van der Waals surface area contributed by atoms with Gasteiger partial charge in [-0.05, 0) is 24.1 Å². The van der Waals surface area contributed by atoms with Crippen LogP contribution in [-0.2, 0) is 4.74 Å². The second-order valence-corrected chi connectivity index (χ2v) is 6.14. The summed E-state index contributed by atoms with van der Waals surface area (Å²) in [4.78, 5) is 6.39. The van der Waals surface area contributed by atoms with E-state index >= 15 is 0 Å². The van der Waals surface area contributed by atoms with Crippen molar-refractivity contribution in [1.82, 2.24) is 15.2 Å². The third-order valence-electron chi connectivity index (χ3n) is 4.51. The van der Waals surface area contributed by atoms with Crippen molar-refractivity contribution >= 4 is 0 Å². The summed E-state index contributed by atoms with van der Waals surface area (Å²) in [6, 6.07) is 12.4. The Labute approximate surface area is 142 Å². The van der Waals surface area contributed by atoms with E-state index in [1.54, 1.807) is 6.20 Å². The van der Waals surface area contributed by atoms with Gasteiger partial charge in [0, 0.05) is 37.9 Å². The molecule has 1 aliphatic rings. The van der Waals surface area contributed by atoms with Gasteiger partial charge >= 0.3 is 0 Å². The molecule has 1 aromatic heterocycles. The third kappa shape index (κ3) is 4.38. The van der Waals surface area contributed by atoms with Crippen LogP contribution in [0.4, 0.5) is 4.39 Å². The number of rotatable bonds is 6. The van der Waals surface area contributed by atoms with Gasteiger partial charge in [-0.1, -0.05) is 30.3 Å². The van der Waals surface area contributed by atoms with E-state index in [9.17, 15) is 4.39 Å². The molecule has 1 N–H and O–H groups in total. The largest absolute Gasteiger partial charge is 0.379 e. The Balaban J connectivity index is 1.69. The standard InChI is InChI=1S/C19H24FN3O/c1-15(17-11-18(20)13-21-12-17)22-14-19(16-5-3-2-4-6-16)23-7-9-24-10-8-23/h2-6,11-13,15,19,22H,7-10,14H2,1H3. The molecule has 0 amide bonds. The van der Waals surface area contributed by atoms with Crippen LogP contribution in [0.1, 0.15) is 30.1 Å². The van der Waals surface area contributed by atoms with E-state index in [0.29, 0.717) is 0 Å². The number of hydrogen-bond donors (Lipinski definition) is 1. The summed E-state index contributed by atoms with van der Waals surface area (Å²) in [5, 5.41) is 3.53. The molecule has 128 valence electrons. The molecular weight excluding hydrogens is 305 g/mol. The molecule has 1 aliphatic heterocycles. The van der Waals surface area contributed by atoms with Crippen molar-refractivity contribution in [3.05, 3.63) is 65.7 Å². The Bertz CT molecular complexity index is 632. The van der Waals surface area contributed by atoms with E-state index in [1.165, 1.54) is 17.8 Å². The number of nitrogens with zero attached hydrogens (tertiary/aromatic N) is 2. The van der Waals surface area contributed by atoms with Crippen LogP contribution in [0, 0.1) is 5.82 Å². The van der Waals surface area contributed by atoms with Crippen molar-refractivity contribution < 1.29 is 9.13 Å². The van der Waals surface area contributed by atoms with E-state index in [0.717, 1.165) is 38.4 Å². The summed E-state index contributed by atoms with van der Waals surface area (Å²) in [5.74, 6) is -0.297. The van der Waals surface area contributed by atoms with E-state index in [1.807, 2.05) is 13.0 Å². The average Bonchev–Trinajstić information content (AvgIpc) is 2.63. The number of benzene rings is 1. The van der Waals surface area contributed by atoms with Crippen molar-refractivity contribution in [2.24, 2.45) is 0 Å². The van der Waals surface area contributed by atoms with E-state index < -0.39 is 0 Å². The Morgan fingerprint density at radius 3 is 2.62 bits per heavy atom. The Morgan fingerprint density at radius 1 is 1.17 bits per heavy atom. The van der Waals surface area contributed by atoms with Gasteiger partial charge < -0.3 is 10.1 Å². The number of aromatic nitrogens is 1. The lowest BCUT2D eigenvalue weighted by atomic mass is 10.0. The molecule has 4 nitrogen and oxygen atoms in total. The summed E-state index contributed by atoms with van der Waals surface area (Å²) in [5.41, 5.74) is 2.15. The summed E-state index contributed by atoms with van der Waals surface area (Å²) >= 11 is 0. The highest BCUT2D eigenvalue weighted by Gasteiger charge is 2.23. The first-order valence-corrected chi connectivity index (χ1v) is 8.44. The highest BCUT2D eigenvalue weighted by atomic mass is 19.1. The molecule has 24 heavy (non-hydrogen) atoms. The molecule has 1 aromatic carbocycles. The first kappa shape index (κ1) is 17.0. The first-order valence-electron chi connectivity index (χ1n) is 8.44. The Kier molecular flexibility index (Phi) is 5.91. The predicted octanol–water partition coefficient (Wildman–Crippen LogP) is 2.94. The number of halogens is 1. The van der Waals surface area contributed by atoms with Crippen LogP contribution >= 0.6 is 0 Å². The minimum absolute atomic E-state index is 0.0421. The van der Waals surface area contributed by atoms with Crippen LogP contribution in [0.5, 0.6) is 0 Å². The van der Waals surface area contributed by atoms with Gasteiger partial charge in [0.15, 0.2) is 0 Å². The van der Waals surface area contributed by atoms with Gasteiger partial charge in [-0.15, -0.1) is 0 Å². The predicted molar refractivity (Wildman–Crippen MR) is 92.2 cm³/mol. The Hall–Kier alpha value is -1.82. The molecular formula is C19H24FN3O. The summed E-state index contributed by atoms with van der Waals surface area (Å²) in [6.45, 7) is 6.23. The molecule has 0 saturated carbocycles. The fraction of sp³-hybridized carbons (Fsp3) is 0.421. The normalized spacial score (nSPS) is 18.2. The fourth-order valence-corrected chi connectivity index (χ4v) is 3.09. The van der Waals surface area contributed by atoms with Crippen LogP contribution in [0.2, 0.25) is 0 Å². The van der Waals surface area contributed by atoms with Crippen LogP contribution in [0.3, 0.4) is 0 Å². The van der Waals surface area contributed by atoms with Crippen LogP contribution in [0.25, 0.3) is 0 Å². The molecule has 2 atom stereocenters. The highest BCUT2D eigenvalue weighted by molar-refractivity contribution is 5.20. The summed E-state index contributed by atoms with van der Waals surface area (Å²) in [6.07, 6.45) is 2.95. The van der Waals surface area contributed by atoms with Crippen molar-refractivity contribution in [2.75, 3.05) is 32.8 Å². The van der Waals surface area contributed by atoms with Crippen LogP contribution in [-0.4, -0.2) is 42.7 Å². The van der Waals surface area contributed by atoms with E-state index in [4.69, 9.17) is 4.74 Å². The molecule has 0 bridgehead atoms. The zero-order valence-electron chi connectivity index (χ0n) is 14.0. The lowest BCUT2D eigenvalue weighted by Gasteiger charge is -2.35. The van der Waals surface area contributed by atoms with Gasteiger partial charge in [0.25, 0.3) is 0 Å². The monoisotopic (exact) mass is 329 g/mol. The molecule has 3 rings (SSSR count). The number of pyridine rings is 1. The zero-order chi connectivity index (χ0) is 16.8. The van der Waals surface area contributed by atoms with Crippen molar-refractivity contribution in [1.29, 1.82) is 0 Å². The molecule has 0 aliphatic carbocycles. The quantitative estimate of drug-likeness (QED) is 0.884. The lowest BCUT2D eigenvalue weighted by molar-refractivity contribution is 0.0157. The van der Waals surface area contributed by atoms with Gasteiger partial charge in [-0.3, -0.25) is 9.88 Å². The second kappa shape index (κ2) is 8.33. The second-order valence-electron chi connectivity index (χ2n) is 6.14. The molecule has 2 heterocycles. The van der Waals surface area contributed by atoms with Crippen molar-refractivity contribution in [3.63, 3.8) is 0 Å². The van der Waals surface area contributed by atoms with E-state index in [2.05, 4.69) is 39.5 Å². The third-order valence-corrected chi connectivity index (χ3v) is 4.51. The molecule has 2 unspecified atom stereocenters. The van der Waals surface area contributed by atoms with Crippen molar-refractivity contribution in [3.8, 4) is 0 Å². The molecule has 5 heteroatoms. The minimum atomic E-state index is -0.297. The lowest BCUT2D eigenvalue weighted by Crippen LogP contribution is -2.43. The van der Waals surface area contributed by atoms with Gasteiger partial charge in [-0.2, -0.15) is 0 Å². The number of morpholine rings is 1. The number of hydrogen-bond acceptors (Lipinski definition) is 4. The number of nitrogens with one attached hydrogen (secondary N) is 1. The SMILES string of the molecule is CC(NCC(c1ccccc1)N1CCOCC1)c1cncc(F)c1. The topological polar surface area (TPSA) is 37.4 Å². The van der Waals surface area contributed by atoms with Crippen molar-refractivity contribution in [2.45, 2.75) is 19.0 Å². The minimum Gasteiger partial charge on any atom is -0.379 e. The molecule has 2 aromatic rings. The first-order chi connectivity index (χ1) is 11.7. The number of ether oxygens (including phenoxy) is 1. The molecule has 1 saturated heterocycles. The Morgan fingerprint density at radius 2 is 1.92 bits per heavy atom. The van der Waals surface area contributed by atoms with Gasteiger partial charge in [0.2, 0.25) is 0 Å². The highest BCUT2D eigenvalue weighted by Crippen LogP contribution is 2.22. The maximum atomic E-state index is 13.4.